The minimum atomic E-state index is -0.474. The van der Waals surface area contributed by atoms with Gasteiger partial charge in [-0.2, -0.15) is 0 Å². The number of halogens is 1. The van der Waals surface area contributed by atoms with Crippen molar-refractivity contribution >= 4 is 33.6 Å². The number of anilines is 1. The second-order valence-corrected chi connectivity index (χ2v) is 10.6. The lowest BCUT2D eigenvalue weighted by Gasteiger charge is -2.37. The molecule has 2 fully saturated rings. The van der Waals surface area contributed by atoms with Crippen LogP contribution in [0.25, 0.3) is 0 Å². The zero-order valence-electron chi connectivity index (χ0n) is 18.5. The van der Waals surface area contributed by atoms with Crippen LogP contribution in [0.4, 0.5) is 10.5 Å². The first-order chi connectivity index (χ1) is 14.2. The highest BCUT2D eigenvalue weighted by Gasteiger charge is 2.32. The molecule has 0 atom stereocenters. The lowest BCUT2D eigenvalue weighted by atomic mass is 9.87. The maximum Gasteiger partial charge on any atom is 0.410 e. The van der Waals surface area contributed by atoms with E-state index in [1.165, 1.54) is 6.42 Å². The highest BCUT2D eigenvalue weighted by Crippen LogP contribution is 2.31. The molecule has 3 rings (SSSR count). The molecule has 0 aromatic heterocycles. The molecule has 6 heteroatoms. The molecule has 1 saturated heterocycles. The summed E-state index contributed by atoms with van der Waals surface area (Å²) in [4.78, 5) is 29.6. The van der Waals surface area contributed by atoms with Crippen LogP contribution in [0.5, 0.6) is 0 Å². The van der Waals surface area contributed by atoms with Crippen LogP contribution in [0.1, 0.15) is 65.7 Å². The van der Waals surface area contributed by atoms with E-state index in [1.54, 1.807) is 4.90 Å². The van der Waals surface area contributed by atoms with Gasteiger partial charge in [-0.25, -0.2) is 4.79 Å². The number of ether oxygens (including phenoxy) is 1. The van der Waals surface area contributed by atoms with Gasteiger partial charge in [0.1, 0.15) is 5.60 Å². The Bertz CT molecular complexity index is 732. The van der Waals surface area contributed by atoms with E-state index in [1.807, 2.05) is 49.9 Å². The Balaban J connectivity index is 1.65. The zero-order chi connectivity index (χ0) is 21.7. The average Bonchev–Trinajstić information content (AvgIpc) is 2.71. The number of hydrogen-bond donors (Lipinski definition) is 0. The van der Waals surface area contributed by atoms with E-state index in [9.17, 15) is 9.59 Å². The lowest BCUT2D eigenvalue weighted by molar-refractivity contribution is -0.123. The lowest BCUT2D eigenvalue weighted by Crippen LogP contribution is -2.45. The van der Waals surface area contributed by atoms with Crippen molar-refractivity contribution in [1.82, 2.24) is 4.90 Å². The maximum atomic E-state index is 13.4. The number of carbonyl (C=O) groups excluding carboxylic acids is 2. The third-order valence-corrected chi connectivity index (χ3v) is 6.54. The van der Waals surface area contributed by atoms with Crippen LogP contribution in [0.2, 0.25) is 0 Å². The molecule has 5 nitrogen and oxygen atoms in total. The molecule has 1 heterocycles. The number of amides is 2. The van der Waals surface area contributed by atoms with E-state index in [-0.39, 0.29) is 17.9 Å². The first kappa shape index (κ1) is 23.1. The van der Waals surface area contributed by atoms with Crippen molar-refractivity contribution in [3.05, 3.63) is 28.7 Å². The number of carbonyl (C=O) groups is 2. The second kappa shape index (κ2) is 10.2. The molecule has 0 spiro atoms. The third kappa shape index (κ3) is 6.47. The maximum absolute atomic E-state index is 13.4. The third-order valence-electron chi connectivity index (χ3n) is 6.05. The molecule has 166 valence electrons. The summed E-state index contributed by atoms with van der Waals surface area (Å²) in [6, 6.07) is 8.05. The summed E-state index contributed by atoms with van der Waals surface area (Å²) < 4.78 is 6.50. The standard InChI is InChI=1S/C24H35BrN2O3/c1-24(2,3)30-23(29)26-14-12-18(13-15-26)17-27(21-11-7-10-20(25)16-21)22(28)19-8-5-4-6-9-19/h7,10-11,16,18-19H,4-6,8-9,12-15,17H2,1-3H3. The number of nitrogens with zero attached hydrogens (tertiary/aromatic N) is 2. The Hall–Kier alpha value is -1.56. The van der Waals surface area contributed by atoms with E-state index in [0.29, 0.717) is 25.6 Å². The van der Waals surface area contributed by atoms with Gasteiger partial charge in [0.25, 0.3) is 0 Å². The summed E-state index contributed by atoms with van der Waals surface area (Å²) in [5.74, 6) is 0.789. The van der Waals surface area contributed by atoms with Crippen LogP contribution in [0.3, 0.4) is 0 Å². The van der Waals surface area contributed by atoms with E-state index >= 15 is 0 Å². The molecule has 2 aliphatic rings. The molecule has 1 aromatic carbocycles. The molecule has 0 bridgehead atoms. The first-order valence-corrected chi connectivity index (χ1v) is 12.1. The van der Waals surface area contributed by atoms with Gasteiger partial charge in [0.15, 0.2) is 0 Å². The fraction of sp³-hybridized carbons (Fsp3) is 0.667. The topological polar surface area (TPSA) is 49.9 Å². The second-order valence-electron chi connectivity index (χ2n) is 9.67. The summed E-state index contributed by atoms with van der Waals surface area (Å²) in [5, 5.41) is 0. The predicted octanol–water partition coefficient (Wildman–Crippen LogP) is 6.01. The first-order valence-electron chi connectivity index (χ1n) is 11.3. The minimum absolute atomic E-state index is 0.139. The number of piperidine rings is 1. The van der Waals surface area contributed by atoms with Gasteiger partial charge in [-0.15, -0.1) is 0 Å². The van der Waals surface area contributed by atoms with Gasteiger partial charge in [-0.1, -0.05) is 41.3 Å². The van der Waals surface area contributed by atoms with Gasteiger partial charge in [0.2, 0.25) is 5.91 Å². The van der Waals surface area contributed by atoms with Crippen LogP contribution in [-0.2, 0) is 9.53 Å². The smallest absolute Gasteiger partial charge is 0.410 e. The van der Waals surface area contributed by atoms with Crippen molar-refractivity contribution < 1.29 is 14.3 Å². The Morgan fingerprint density at radius 1 is 1.10 bits per heavy atom. The van der Waals surface area contributed by atoms with E-state index < -0.39 is 5.60 Å². The van der Waals surface area contributed by atoms with E-state index in [4.69, 9.17) is 4.74 Å². The number of hydrogen-bond acceptors (Lipinski definition) is 3. The summed E-state index contributed by atoms with van der Waals surface area (Å²) in [6.07, 6.45) is 7.09. The van der Waals surface area contributed by atoms with E-state index in [2.05, 4.69) is 15.9 Å². The van der Waals surface area contributed by atoms with Crippen LogP contribution in [0.15, 0.2) is 28.7 Å². The van der Waals surface area contributed by atoms with Crippen LogP contribution < -0.4 is 4.90 Å². The predicted molar refractivity (Wildman–Crippen MR) is 124 cm³/mol. The molecule has 0 N–H and O–H groups in total. The highest BCUT2D eigenvalue weighted by atomic mass is 79.9. The van der Waals surface area contributed by atoms with Crippen LogP contribution >= 0.6 is 15.9 Å². The van der Waals surface area contributed by atoms with Crippen molar-refractivity contribution in [1.29, 1.82) is 0 Å². The number of likely N-dealkylation sites (tertiary alicyclic amines) is 1. The number of rotatable bonds is 4. The van der Waals surface area contributed by atoms with Crippen molar-refractivity contribution in [2.45, 2.75) is 71.3 Å². The molecule has 30 heavy (non-hydrogen) atoms. The molecular weight excluding hydrogens is 444 g/mol. The Morgan fingerprint density at radius 2 is 1.77 bits per heavy atom. The van der Waals surface area contributed by atoms with Crippen molar-refractivity contribution in [2.75, 3.05) is 24.5 Å². The zero-order valence-corrected chi connectivity index (χ0v) is 20.1. The Kier molecular flexibility index (Phi) is 7.83. The minimum Gasteiger partial charge on any atom is -0.444 e. The summed E-state index contributed by atoms with van der Waals surface area (Å²) >= 11 is 3.55. The SMILES string of the molecule is CC(C)(C)OC(=O)N1CCC(CN(C(=O)C2CCCCC2)c2cccc(Br)c2)CC1. The average molecular weight is 479 g/mol. The molecule has 0 unspecified atom stereocenters. The molecule has 1 saturated carbocycles. The molecule has 2 amide bonds. The fourth-order valence-corrected chi connectivity index (χ4v) is 4.81. The van der Waals surface area contributed by atoms with Crippen molar-refractivity contribution in [2.24, 2.45) is 11.8 Å². The fourth-order valence-electron chi connectivity index (χ4n) is 4.42. The largest absolute Gasteiger partial charge is 0.444 e. The van der Waals surface area contributed by atoms with Gasteiger partial charge in [-0.05, 0) is 70.6 Å². The van der Waals surface area contributed by atoms with Crippen LogP contribution in [0, 0.1) is 11.8 Å². The quantitative estimate of drug-likeness (QED) is 0.532. The highest BCUT2D eigenvalue weighted by molar-refractivity contribution is 9.10. The molecule has 1 aromatic rings. The summed E-state index contributed by atoms with van der Waals surface area (Å²) in [6.45, 7) is 7.76. The normalized spacial score (nSPS) is 18.9. The van der Waals surface area contributed by atoms with Gasteiger partial charge >= 0.3 is 6.09 Å². The Labute approximate surface area is 189 Å². The van der Waals surface area contributed by atoms with Gasteiger partial charge < -0.3 is 14.5 Å². The summed E-state index contributed by atoms with van der Waals surface area (Å²) in [7, 11) is 0. The van der Waals surface area contributed by atoms with Gasteiger partial charge in [-0.3, -0.25) is 4.79 Å². The molecular formula is C24H35BrN2O3. The number of benzene rings is 1. The van der Waals surface area contributed by atoms with Gasteiger partial charge in [0.05, 0.1) is 0 Å². The van der Waals surface area contributed by atoms with Crippen molar-refractivity contribution in [3.63, 3.8) is 0 Å². The van der Waals surface area contributed by atoms with E-state index in [0.717, 1.165) is 48.7 Å². The molecule has 1 aliphatic heterocycles. The van der Waals surface area contributed by atoms with Gasteiger partial charge in [0, 0.05) is 35.7 Å². The molecule has 0 radical (unpaired) electrons. The Morgan fingerprint density at radius 3 is 2.37 bits per heavy atom. The van der Waals surface area contributed by atoms with Crippen LogP contribution in [-0.4, -0.2) is 42.1 Å². The van der Waals surface area contributed by atoms with Crippen molar-refractivity contribution in [3.8, 4) is 0 Å². The summed E-state index contributed by atoms with van der Waals surface area (Å²) in [5.41, 5.74) is 0.493. The monoisotopic (exact) mass is 478 g/mol. The molecule has 1 aliphatic carbocycles.